The summed E-state index contributed by atoms with van der Waals surface area (Å²) in [4.78, 5) is 2.32. The molecule has 0 aromatic carbocycles. The number of rotatable bonds is 4. The molecule has 2 aromatic heterocycles. The largest absolute Gasteiger partial charge is 0.468 e. The van der Waals surface area contributed by atoms with Gasteiger partial charge in [0.2, 0.25) is 0 Å². The van der Waals surface area contributed by atoms with Crippen molar-refractivity contribution in [2.24, 2.45) is 0 Å². The van der Waals surface area contributed by atoms with Crippen LogP contribution < -0.4 is 0 Å². The summed E-state index contributed by atoms with van der Waals surface area (Å²) in [6, 6.07) is 3.92. The van der Waals surface area contributed by atoms with Crippen LogP contribution in [-0.2, 0) is 17.8 Å². The van der Waals surface area contributed by atoms with Crippen LogP contribution in [0.25, 0.3) is 0 Å². The minimum Gasteiger partial charge on any atom is -0.468 e. The lowest BCUT2D eigenvalue weighted by molar-refractivity contribution is -0.0405. The molecular weight excluding hydrogens is 244 g/mol. The summed E-state index contributed by atoms with van der Waals surface area (Å²) in [7, 11) is 0. The number of nitrogens with zero attached hydrogens (tertiary/aromatic N) is 4. The van der Waals surface area contributed by atoms with Gasteiger partial charge in [0.05, 0.1) is 19.4 Å². The Balaban J connectivity index is 1.68. The number of aromatic nitrogens is 3. The molecule has 1 aliphatic rings. The fourth-order valence-corrected chi connectivity index (χ4v) is 2.38. The van der Waals surface area contributed by atoms with Crippen molar-refractivity contribution in [2.75, 3.05) is 19.7 Å². The van der Waals surface area contributed by atoms with Crippen molar-refractivity contribution in [3.63, 3.8) is 0 Å². The van der Waals surface area contributed by atoms with Gasteiger partial charge in [-0.3, -0.25) is 4.90 Å². The summed E-state index contributed by atoms with van der Waals surface area (Å²) in [5.74, 6) is 1.89. The Morgan fingerprint density at radius 2 is 2.42 bits per heavy atom. The molecule has 0 N–H and O–H groups in total. The summed E-state index contributed by atoms with van der Waals surface area (Å²) in [6.45, 7) is 6.20. The SMILES string of the molecule is CCn1cnnc1[C@H]1CN(Cc2ccco2)CCO1. The van der Waals surface area contributed by atoms with E-state index in [-0.39, 0.29) is 6.10 Å². The molecule has 0 aliphatic carbocycles. The molecule has 0 bridgehead atoms. The summed E-state index contributed by atoms with van der Waals surface area (Å²) >= 11 is 0. The van der Waals surface area contributed by atoms with Crippen molar-refractivity contribution in [1.29, 1.82) is 0 Å². The average molecular weight is 262 g/mol. The lowest BCUT2D eigenvalue weighted by atomic mass is 10.2. The second-order valence-corrected chi connectivity index (χ2v) is 4.65. The van der Waals surface area contributed by atoms with E-state index in [9.17, 15) is 0 Å². The zero-order valence-corrected chi connectivity index (χ0v) is 11.0. The topological polar surface area (TPSA) is 56.3 Å². The van der Waals surface area contributed by atoms with Crippen LogP contribution in [-0.4, -0.2) is 39.4 Å². The van der Waals surface area contributed by atoms with Crippen molar-refractivity contribution in [3.8, 4) is 0 Å². The van der Waals surface area contributed by atoms with Crippen molar-refractivity contribution >= 4 is 0 Å². The Labute approximate surface area is 112 Å². The van der Waals surface area contributed by atoms with Gasteiger partial charge in [-0.2, -0.15) is 0 Å². The monoisotopic (exact) mass is 262 g/mol. The van der Waals surface area contributed by atoms with Crippen LogP contribution in [0.4, 0.5) is 0 Å². The number of hydrogen-bond acceptors (Lipinski definition) is 5. The van der Waals surface area contributed by atoms with Gasteiger partial charge >= 0.3 is 0 Å². The van der Waals surface area contributed by atoms with E-state index in [1.54, 1.807) is 12.6 Å². The number of furan rings is 1. The molecule has 3 heterocycles. The fraction of sp³-hybridized carbons (Fsp3) is 0.538. The van der Waals surface area contributed by atoms with E-state index in [1.165, 1.54) is 0 Å². The van der Waals surface area contributed by atoms with E-state index in [0.29, 0.717) is 6.61 Å². The Bertz CT molecular complexity index is 508. The van der Waals surface area contributed by atoms with E-state index in [1.807, 2.05) is 16.7 Å². The van der Waals surface area contributed by atoms with Crippen LogP contribution in [0.3, 0.4) is 0 Å². The van der Waals surface area contributed by atoms with Gasteiger partial charge in [-0.05, 0) is 19.1 Å². The van der Waals surface area contributed by atoms with Crippen molar-refractivity contribution in [1.82, 2.24) is 19.7 Å². The van der Waals surface area contributed by atoms with Gasteiger partial charge in [0.25, 0.3) is 0 Å². The molecule has 2 aromatic rings. The first-order chi connectivity index (χ1) is 9.36. The van der Waals surface area contributed by atoms with Gasteiger partial charge in [-0.15, -0.1) is 10.2 Å². The van der Waals surface area contributed by atoms with Gasteiger partial charge in [0, 0.05) is 19.6 Å². The zero-order chi connectivity index (χ0) is 13.1. The van der Waals surface area contributed by atoms with E-state index in [4.69, 9.17) is 9.15 Å². The zero-order valence-electron chi connectivity index (χ0n) is 11.0. The highest BCUT2D eigenvalue weighted by Crippen LogP contribution is 2.21. The third-order valence-electron chi connectivity index (χ3n) is 3.38. The third kappa shape index (κ3) is 2.69. The molecule has 6 nitrogen and oxygen atoms in total. The van der Waals surface area contributed by atoms with Crippen LogP contribution in [0.15, 0.2) is 29.1 Å². The highest BCUT2D eigenvalue weighted by molar-refractivity contribution is 5.00. The summed E-state index contributed by atoms with van der Waals surface area (Å²) in [6.07, 6.45) is 3.46. The van der Waals surface area contributed by atoms with Crippen LogP contribution in [0.5, 0.6) is 0 Å². The molecule has 1 atom stereocenters. The maximum absolute atomic E-state index is 5.82. The summed E-state index contributed by atoms with van der Waals surface area (Å²) < 4.78 is 13.2. The van der Waals surface area contributed by atoms with Gasteiger partial charge in [0.15, 0.2) is 5.82 Å². The van der Waals surface area contributed by atoms with Gasteiger partial charge in [-0.25, -0.2) is 0 Å². The van der Waals surface area contributed by atoms with Crippen LogP contribution in [0.1, 0.15) is 24.6 Å². The van der Waals surface area contributed by atoms with Crippen LogP contribution >= 0.6 is 0 Å². The van der Waals surface area contributed by atoms with Crippen molar-refractivity contribution in [2.45, 2.75) is 26.1 Å². The second-order valence-electron chi connectivity index (χ2n) is 4.65. The predicted octanol–water partition coefficient (Wildman–Crippen LogP) is 1.46. The Morgan fingerprint density at radius 3 is 3.21 bits per heavy atom. The minimum atomic E-state index is -0.00818. The highest BCUT2D eigenvalue weighted by atomic mass is 16.5. The maximum Gasteiger partial charge on any atom is 0.163 e. The lowest BCUT2D eigenvalue weighted by Crippen LogP contribution is -2.38. The van der Waals surface area contributed by atoms with Crippen LogP contribution in [0.2, 0.25) is 0 Å². The van der Waals surface area contributed by atoms with Gasteiger partial charge in [0.1, 0.15) is 18.2 Å². The Hall–Kier alpha value is -1.66. The van der Waals surface area contributed by atoms with Gasteiger partial charge < -0.3 is 13.7 Å². The molecule has 0 radical (unpaired) electrons. The molecule has 19 heavy (non-hydrogen) atoms. The average Bonchev–Trinajstić information content (AvgIpc) is 3.09. The van der Waals surface area contributed by atoms with Crippen molar-refractivity contribution < 1.29 is 9.15 Å². The number of ether oxygens (including phenoxy) is 1. The molecule has 0 unspecified atom stereocenters. The molecule has 0 spiro atoms. The lowest BCUT2D eigenvalue weighted by Gasteiger charge is -2.31. The molecule has 0 saturated carbocycles. The first-order valence-corrected chi connectivity index (χ1v) is 6.61. The Kier molecular flexibility index (Phi) is 3.61. The molecule has 3 rings (SSSR count). The number of morpholine rings is 1. The highest BCUT2D eigenvalue weighted by Gasteiger charge is 2.26. The minimum absolute atomic E-state index is 0.00818. The standard InChI is InChI=1S/C13H18N4O2/c1-2-17-10-14-15-13(17)12-9-16(5-7-19-12)8-11-4-3-6-18-11/h3-4,6,10,12H,2,5,7-9H2,1H3/t12-/m1/s1. The van der Waals surface area contributed by atoms with E-state index in [0.717, 1.165) is 37.8 Å². The first-order valence-electron chi connectivity index (χ1n) is 6.61. The first kappa shape index (κ1) is 12.4. The van der Waals surface area contributed by atoms with E-state index < -0.39 is 0 Å². The predicted molar refractivity (Wildman–Crippen MR) is 68.4 cm³/mol. The number of hydrogen-bond donors (Lipinski definition) is 0. The molecule has 1 fully saturated rings. The summed E-state index contributed by atoms with van der Waals surface area (Å²) in [5, 5.41) is 8.14. The smallest absolute Gasteiger partial charge is 0.163 e. The normalized spacial score (nSPS) is 20.8. The quantitative estimate of drug-likeness (QED) is 0.835. The third-order valence-corrected chi connectivity index (χ3v) is 3.38. The summed E-state index contributed by atoms with van der Waals surface area (Å²) in [5.41, 5.74) is 0. The number of aryl methyl sites for hydroxylation is 1. The Morgan fingerprint density at radius 1 is 1.47 bits per heavy atom. The van der Waals surface area contributed by atoms with E-state index >= 15 is 0 Å². The fourth-order valence-electron chi connectivity index (χ4n) is 2.38. The molecule has 0 amide bonds. The molecule has 1 aliphatic heterocycles. The molecule has 102 valence electrons. The maximum atomic E-state index is 5.82. The van der Waals surface area contributed by atoms with Crippen LogP contribution in [0, 0.1) is 0 Å². The molecule has 1 saturated heterocycles. The van der Waals surface area contributed by atoms with Gasteiger partial charge in [-0.1, -0.05) is 0 Å². The van der Waals surface area contributed by atoms with E-state index in [2.05, 4.69) is 22.0 Å². The molecule has 6 heteroatoms. The van der Waals surface area contributed by atoms with Crippen molar-refractivity contribution in [3.05, 3.63) is 36.3 Å². The second kappa shape index (κ2) is 5.54. The molecular formula is C13H18N4O2.